The van der Waals surface area contributed by atoms with Gasteiger partial charge in [0.05, 0.1) is 20.9 Å². The van der Waals surface area contributed by atoms with E-state index < -0.39 is 11.4 Å². The average Bonchev–Trinajstić information content (AvgIpc) is 2.71. The maximum absolute atomic E-state index is 14.1. The molecule has 1 aromatic heterocycles. The van der Waals surface area contributed by atoms with Crippen LogP contribution in [0.1, 0.15) is 16.7 Å². The highest BCUT2D eigenvalue weighted by Gasteiger charge is 2.10. The van der Waals surface area contributed by atoms with Gasteiger partial charge in [-0.3, -0.25) is 9.78 Å². The fourth-order valence-corrected chi connectivity index (χ4v) is 3.29. The number of nitrogens with one attached hydrogen (secondary N) is 2. The zero-order valence-electron chi connectivity index (χ0n) is 15.8. The molecule has 0 aliphatic carbocycles. The number of H-pyrrole nitrogens is 1. The zero-order valence-corrected chi connectivity index (χ0v) is 17.4. The van der Waals surface area contributed by atoms with Gasteiger partial charge in [-0.05, 0) is 42.8 Å². The predicted molar refractivity (Wildman–Crippen MR) is 122 cm³/mol. The second-order valence-electron chi connectivity index (χ2n) is 6.80. The molecule has 0 aliphatic rings. The first-order valence-corrected chi connectivity index (χ1v) is 9.85. The Morgan fingerprint density at radius 1 is 1.00 bits per heavy atom. The summed E-state index contributed by atoms with van der Waals surface area (Å²) in [5.41, 5.74) is 3.13. The number of aryl methyl sites for hydroxylation is 1. The summed E-state index contributed by atoms with van der Waals surface area (Å²) in [6, 6.07) is 15.4. The fraction of sp³-hybridized carbons (Fsp3) is 0.0435. The lowest BCUT2D eigenvalue weighted by molar-refractivity contribution is 0.629. The van der Waals surface area contributed by atoms with Gasteiger partial charge in [0.1, 0.15) is 5.82 Å². The molecular formula is C23H16Cl2FN3O. The van der Waals surface area contributed by atoms with Gasteiger partial charge < -0.3 is 5.32 Å². The number of aromatic amines is 1. The number of rotatable bonds is 4. The molecule has 0 spiro atoms. The Bertz CT molecular complexity index is 1330. The van der Waals surface area contributed by atoms with Crippen molar-refractivity contribution < 1.29 is 4.39 Å². The molecule has 0 atom stereocenters. The van der Waals surface area contributed by atoms with Crippen molar-refractivity contribution in [3.63, 3.8) is 0 Å². The number of anilines is 2. The molecule has 30 heavy (non-hydrogen) atoms. The van der Waals surface area contributed by atoms with Gasteiger partial charge >= 0.3 is 0 Å². The molecule has 0 fully saturated rings. The Morgan fingerprint density at radius 3 is 2.50 bits per heavy atom. The van der Waals surface area contributed by atoms with E-state index in [1.165, 1.54) is 12.1 Å². The van der Waals surface area contributed by atoms with Crippen molar-refractivity contribution in [2.45, 2.75) is 6.92 Å². The highest BCUT2D eigenvalue weighted by molar-refractivity contribution is 6.42. The van der Waals surface area contributed by atoms with Gasteiger partial charge in [-0.1, -0.05) is 65.2 Å². The summed E-state index contributed by atoms with van der Waals surface area (Å²) in [5, 5.41) is 3.95. The Balaban J connectivity index is 1.77. The van der Waals surface area contributed by atoms with Crippen molar-refractivity contribution in [3.05, 3.63) is 97.5 Å². The smallest absolute Gasteiger partial charge is 0.260 e. The number of benzene rings is 3. The molecule has 4 nitrogen and oxygen atoms in total. The Morgan fingerprint density at radius 2 is 1.77 bits per heavy atom. The highest BCUT2D eigenvalue weighted by Crippen LogP contribution is 2.27. The number of hydrogen-bond acceptors (Lipinski definition) is 3. The van der Waals surface area contributed by atoms with E-state index in [1.807, 2.05) is 37.3 Å². The third-order valence-electron chi connectivity index (χ3n) is 4.52. The first-order chi connectivity index (χ1) is 14.4. The van der Waals surface area contributed by atoms with Gasteiger partial charge in [-0.2, -0.15) is 0 Å². The molecule has 0 bridgehead atoms. The molecule has 0 amide bonds. The van der Waals surface area contributed by atoms with E-state index in [0.717, 1.165) is 11.1 Å². The van der Waals surface area contributed by atoms with Gasteiger partial charge in [0.2, 0.25) is 5.95 Å². The van der Waals surface area contributed by atoms with Gasteiger partial charge in [-0.25, -0.2) is 9.37 Å². The summed E-state index contributed by atoms with van der Waals surface area (Å²) >= 11 is 12.0. The quantitative estimate of drug-likeness (QED) is 0.352. The Kier molecular flexibility index (Phi) is 5.57. The molecule has 4 rings (SSSR count). The highest BCUT2D eigenvalue weighted by atomic mass is 35.5. The lowest BCUT2D eigenvalue weighted by Crippen LogP contribution is -2.12. The second-order valence-corrected chi connectivity index (χ2v) is 7.62. The topological polar surface area (TPSA) is 57.8 Å². The first-order valence-electron chi connectivity index (χ1n) is 9.09. The van der Waals surface area contributed by atoms with E-state index in [2.05, 4.69) is 15.3 Å². The van der Waals surface area contributed by atoms with Crippen LogP contribution in [0.5, 0.6) is 0 Å². The molecule has 0 radical (unpaired) electrons. The summed E-state index contributed by atoms with van der Waals surface area (Å²) < 4.78 is 14.1. The third-order valence-corrected chi connectivity index (χ3v) is 5.26. The fourth-order valence-electron chi connectivity index (χ4n) is 2.99. The van der Waals surface area contributed by atoms with Crippen LogP contribution < -0.4 is 10.9 Å². The van der Waals surface area contributed by atoms with Crippen LogP contribution in [0.3, 0.4) is 0 Å². The lowest BCUT2D eigenvalue weighted by atomic mass is 10.1. The summed E-state index contributed by atoms with van der Waals surface area (Å²) in [5.74, 6) is -0.300. The van der Waals surface area contributed by atoms with Crippen molar-refractivity contribution in [1.82, 2.24) is 9.97 Å². The summed E-state index contributed by atoms with van der Waals surface area (Å²) in [6.45, 7) is 2.01. The zero-order chi connectivity index (χ0) is 21.3. The van der Waals surface area contributed by atoms with Crippen LogP contribution >= 0.6 is 23.2 Å². The summed E-state index contributed by atoms with van der Waals surface area (Å²) in [6.07, 6.45) is 3.59. The Hall–Kier alpha value is -3.15. The van der Waals surface area contributed by atoms with E-state index in [4.69, 9.17) is 23.2 Å². The van der Waals surface area contributed by atoms with Crippen molar-refractivity contribution in [1.29, 1.82) is 0 Å². The maximum Gasteiger partial charge on any atom is 0.260 e. The predicted octanol–water partition coefficient (Wildman–Crippen LogP) is 6.59. The van der Waals surface area contributed by atoms with Crippen molar-refractivity contribution in [3.8, 4) is 0 Å². The minimum absolute atomic E-state index is 0.165. The van der Waals surface area contributed by atoms with Crippen LogP contribution in [-0.2, 0) is 0 Å². The van der Waals surface area contributed by atoms with Gasteiger partial charge in [0.15, 0.2) is 0 Å². The average molecular weight is 440 g/mol. The number of fused-ring (bicyclic) bond motifs is 1. The molecule has 0 saturated carbocycles. The minimum Gasteiger partial charge on any atom is -0.326 e. The van der Waals surface area contributed by atoms with E-state index in [1.54, 1.807) is 24.3 Å². The first kappa shape index (κ1) is 20.1. The summed E-state index contributed by atoms with van der Waals surface area (Å²) in [7, 11) is 0. The van der Waals surface area contributed by atoms with E-state index >= 15 is 0 Å². The molecule has 7 heteroatoms. The van der Waals surface area contributed by atoms with E-state index in [9.17, 15) is 9.18 Å². The SMILES string of the molecule is Cc1ccc(/C=C/c2cc(F)cc3c(=O)[nH]c(Nc4ccc(Cl)c(Cl)c4)nc23)cc1. The van der Waals surface area contributed by atoms with Gasteiger partial charge in [0, 0.05) is 11.3 Å². The number of nitrogens with zero attached hydrogens (tertiary/aromatic N) is 1. The Labute approximate surface area is 182 Å². The van der Waals surface area contributed by atoms with Crippen molar-refractivity contribution >= 4 is 57.9 Å². The monoisotopic (exact) mass is 439 g/mol. The molecule has 0 unspecified atom stereocenters. The van der Waals surface area contributed by atoms with E-state index in [-0.39, 0.29) is 11.3 Å². The van der Waals surface area contributed by atoms with Gasteiger partial charge in [-0.15, -0.1) is 0 Å². The summed E-state index contributed by atoms with van der Waals surface area (Å²) in [4.78, 5) is 19.7. The van der Waals surface area contributed by atoms with E-state index in [0.29, 0.717) is 26.8 Å². The molecule has 0 saturated heterocycles. The maximum atomic E-state index is 14.1. The molecular weight excluding hydrogens is 424 g/mol. The van der Waals surface area contributed by atoms with Gasteiger partial charge in [0.25, 0.3) is 5.56 Å². The second kappa shape index (κ2) is 8.30. The lowest BCUT2D eigenvalue weighted by Gasteiger charge is -2.09. The number of aromatic nitrogens is 2. The molecule has 2 N–H and O–H groups in total. The molecule has 150 valence electrons. The van der Waals surface area contributed by atoms with Crippen molar-refractivity contribution in [2.75, 3.05) is 5.32 Å². The molecule has 3 aromatic carbocycles. The molecule has 4 aromatic rings. The van der Waals surface area contributed by atoms with Crippen LogP contribution in [0.4, 0.5) is 16.0 Å². The standard InChI is InChI=1S/C23H16Cl2FN3O/c1-13-2-4-14(5-3-13)6-7-15-10-16(26)11-18-21(15)28-23(29-22(18)30)27-17-8-9-19(24)20(25)12-17/h2-12H,1H3,(H2,27,28,29,30)/b7-6+. The van der Waals surface area contributed by atoms with Crippen LogP contribution in [-0.4, -0.2) is 9.97 Å². The molecule has 0 aliphatic heterocycles. The van der Waals surface area contributed by atoms with Crippen LogP contribution in [0.15, 0.2) is 59.4 Å². The minimum atomic E-state index is -0.511. The number of halogens is 3. The number of hydrogen-bond donors (Lipinski definition) is 2. The van der Waals surface area contributed by atoms with Crippen LogP contribution in [0.25, 0.3) is 23.1 Å². The largest absolute Gasteiger partial charge is 0.326 e. The molecule has 1 heterocycles. The third kappa shape index (κ3) is 4.37. The van der Waals surface area contributed by atoms with Crippen LogP contribution in [0, 0.1) is 12.7 Å². The van der Waals surface area contributed by atoms with Crippen molar-refractivity contribution in [2.24, 2.45) is 0 Å². The normalized spacial score (nSPS) is 11.3. The van der Waals surface area contributed by atoms with Crippen LogP contribution in [0.2, 0.25) is 10.0 Å².